The van der Waals surface area contributed by atoms with Gasteiger partial charge in [0.05, 0.1) is 17.7 Å². The zero-order valence-corrected chi connectivity index (χ0v) is 13.1. The van der Waals surface area contributed by atoms with Gasteiger partial charge in [-0.3, -0.25) is 9.78 Å². The first-order chi connectivity index (χ1) is 9.56. The van der Waals surface area contributed by atoms with E-state index >= 15 is 0 Å². The number of aliphatic hydroxyl groups is 1. The van der Waals surface area contributed by atoms with Crippen LogP contribution in [0, 0.1) is 6.92 Å². The molecule has 2 aromatic rings. The summed E-state index contributed by atoms with van der Waals surface area (Å²) in [4.78, 5) is 18.7. The zero-order valence-electron chi connectivity index (χ0n) is 11.6. The van der Waals surface area contributed by atoms with Crippen LogP contribution in [0.4, 0.5) is 0 Å². The van der Waals surface area contributed by atoms with Gasteiger partial charge in [-0.15, -0.1) is 0 Å². The number of aliphatic hydroxyl groups excluding tert-OH is 1. The van der Waals surface area contributed by atoms with Gasteiger partial charge in [0.1, 0.15) is 0 Å². The molecule has 4 nitrogen and oxygen atoms in total. The number of nitrogens with zero attached hydrogens (tertiary/aromatic N) is 2. The summed E-state index contributed by atoms with van der Waals surface area (Å²) in [5.74, 6) is -0.0739. The summed E-state index contributed by atoms with van der Waals surface area (Å²) in [5, 5.41) is 9.89. The summed E-state index contributed by atoms with van der Waals surface area (Å²) in [7, 11) is 0. The Bertz CT molecular complexity index is 643. The standard InChI is InChI=1S/C15H17BrN2O2/c1-3-18(6-7-19)15(20)13-8-10(2)17-14-5-4-11(16)9-12(13)14/h4-5,8-9,19H,3,6-7H2,1-2H3. The Hall–Kier alpha value is -1.46. The molecule has 0 fully saturated rings. The minimum Gasteiger partial charge on any atom is -0.395 e. The first-order valence-corrected chi connectivity index (χ1v) is 7.33. The van der Waals surface area contributed by atoms with Crippen LogP contribution in [0.25, 0.3) is 10.9 Å². The number of pyridine rings is 1. The van der Waals surface area contributed by atoms with Gasteiger partial charge in [0, 0.05) is 28.6 Å². The summed E-state index contributed by atoms with van der Waals surface area (Å²) in [5.41, 5.74) is 2.24. The van der Waals surface area contributed by atoms with E-state index in [2.05, 4.69) is 20.9 Å². The van der Waals surface area contributed by atoms with Crippen molar-refractivity contribution < 1.29 is 9.90 Å². The monoisotopic (exact) mass is 336 g/mol. The van der Waals surface area contributed by atoms with Crippen molar-refractivity contribution in [3.63, 3.8) is 0 Å². The highest BCUT2D eigenvalue weighted by Gasteiger charge is 2.17. The maximum Gasteiger partial charge on any atom is 0.254 e. The van der Waals surface area contributed by atoms with Crippen LogP contribution < -0.4 is 0 Å². The Morgan fingerprint density at radius 3 is 2.80 bits per heavy atom. The smallest absolute Gasteiger partial charge is 0.254 e. The number of benzene rings is 1. The number of likely N-dealkylation sites (N-methyl/N-ethyl adjacent to an activating group) is 1. The largest absolute Gasteiger partial charge is 0.395 e. The Morgan fingerprint density at radius 1 is 1.40 bits per heavy atom. The number of carbonyl (C=O) groups is 1. The van der Waals surface area contributed by atoms with Crippen LogP contribution >= 0.6 is 15.9 Å². The van der Waals surface area contributed by atoms with Gasteiger partial charge < -0.3 is 10.0 Å². The first-order valence-electron chi connectivity index (χ1n) is 6.54. The minimum atomic E-state index is -0.0739. The first kappa shape index (κ1) is 14.9. The molecule has 2 rings (SSSR count). The number of fused-ring (bicyclic) bond motifs is 1. The van der Waals surface area contributed by atoms with Crippen LogP contribution in [0.2, 0.25) is 0 Å². The normalized spacial score (nSPS) is 10.8. The number of hydrogen-bond acceptors (Lipinski definition) is 3. The quantitative estimate of drug-likeness (QED) is 0.933. The molecule has 1 aromatic heterocycles. The van der Waals surface area contributed by atoms with Gasteiger partial charge in [-0.1, -0.05) is 15.9 Å². The number of rotatable bonds is 4. The van der Waals surface area contributed by atoms with Crippen molar-refractivity contribution in [3.05, 3.63) is 40.0 Å². The molecule has 1 heterocycles. The molecule has 0 bridgehead atoms. The van der Waals surface area contributed by atoms with E-state index in [1.165, 1.54) is 0 Å². The number of carbonyl (C=O) groups excluding carboxylic acids is 1. The highest BCUT2D eigenvalue weighted by atomic mass is 79.9. The molecule has 106 valence electrons. The molecular weight excluding hydrogens is 320 g/mol. The summed E-state index contributed by atoms with van der Waals surface area (Å²) in [6, 6.07) is 7.51. The second-order valence-electron chi connectivity index (χ2n) is 4.58. The van der Waals surface area contributed by atoms with Crippen molar-refractivity contribution >= 4 is 32.7 Å². The zero-order chi connectivity index (χ0) is 14.7. The number of halogens is 1. The van der Waals surface area contributed by atoms with Gasteiger partial charge in [-0.05, 0) is 38.1 Å². The third-order valence-corrected chi connectivity index (χ3v) is 3.66. The van der Waals surface area contributed by atoms with E-state index in [0.717, 1.165) is 21.1 Å². The summed E-state index contributed by atoms with van der Waals surface area (Å²) in [6.07, 6.45) is 0. The molecule has 20 heavy (non-hydrogen) atoms. The van der Waals surface area contributed by atoms with Crippen LogP contribution in [0.1, 0.15) is 23.0 Å². The predicted octanol–water partition coefficient (Wildman–Crippen LogP) is 2.76. The van der Waals surface area contributed by atoms with Crippen LogP contribution in [-0.4, -0.2) is 40.6 Å². The fraction of sp³-hybridized carbons (Fsp3) is 0.333. The molecule has 0 aliphatic heterocycles. The SMILES string of the molecule is CCN(CCO)C(=O)c1cc(C)nc2ccc(Br)cc12. The average molecular weight is 337 g/mol. The van der Waals surface area contributed by atoms with Crippen molar-refractivity contribution in [1.29, 1.82) is 0 Å². The van der Waals surface area contributed by atoms with Crippen molar-refractivity contribution in [1.82, 2.24) is 9.88 Å². The predicted molar refractivity (Wildman–Crippen MR) is 82.8 cm³/mol. The van der Waals surface area contributed by atoms with E-state index < -0.39 is 0 Å². The lowest BCUT2D eigenvalue weighted by Gasteiger charge is -2.20. The lowest BCUT2D eigenvalue weighted by Crippen LogP contribution is -2.33. The van der Waals surface area contributed by atoms with E-state index in [0.29, 0.717) is 18.7 Å². The molecule has 1 aromatic carbocycles. The average Bonchev–Trinajstić information content (AvgIpc) is 2.43. The maximum atomic E-state index is 12.6. The van der Waals surface area contributed by atoms with Crippen LogP contribution in [0.3, 0.4) is 0 Å². The van der Waals surface area contributed by atoms with E-state index in [1.807, 2.05) is 32.0 Å². The molecule has 0 aliphatic rings. The third-order valence-electron chi connectivity index (χ3n) is 3.17. The Balaban J connectivity index is 2.57. The van der Waals surface area contributed by atoms with Crippen molar-refractivity contribution in [3.8, 4) is 0 Å². The van der Waals surface area contributed by atoms with Gasteiger partial charge in [-0.25, -0.2) is 0 Å². The van der Waals surface area contributed by atoms with Crippen LogP contribution in [0.15, 0.2) is 28.7 Å². The summed E-state index contributed by atoms with van der Waals surface area (Å²) < 4.78 is 0.912. The molecule has 0 atom stereocenters. The Morgan fingerprint density at radius 2 is 2.15 bits per heavy atom. The lowest BCUT2D eigenvalue weighted by atomic mass is 10.1. The van der Waals surface area contributed by atoms with Gasteiger partial charge in [0.15, 0.2) is 0 Å². The molecule has 1 amide bonds. The van der Waals surface area contributed by atoms with E-state index in [9.17, 15) is 4.79 Å². The second-order valence-corrected chi connectivity index (χ2v) is 5.50. The molecule has 0 aliphatic carbocycles. The summed E-state index contributed by atoms with van der Waals surface area (Å²) in [6.45, 7) is 4.65. The van der Waals surface area contributed by atoms with Crippen LogP contribution in [0.5, 0.6) is 0 Å². The molecule has 0 radical (unpaired) electrons. The molecule has 5 heteroatoms. The van der Waals surface area contributed by atoms with Crippen LogP contribution in [-0.2, 0) is 0 Å². The van der Waals surface area contributed by atoms with Gasteiger partial charge in [0.25, 0.3) is 5.91 Å². The lowest BCUT2D eigenvalue weighted by molar-refractivity contribution is 0.0734. The third kappa shape index (κ3) is 2.99. The number of hydrogen-bond donors (Lipinski definition) is 1. The van der Waals surface area contributed by atoms with E-state index in [4.69, 9.17) is 5.11 Å². The highest BCUT2D eigenvalue weighted by molar-refractivity contribution is 9.10. The Kier molecular flexibility index (Phi) is 4.73. The number of aryl methyl sites for hydroxylation is 1. The summed E-state index contributed by atoms with van der Waals surface area (Å²) >= 11 is 3.43. The Labute approximate surface area is 126 Å². The van der Waals surface area contributed by atoms with Crippen molar-refractivity contribution in [2.24, 2.45) is 0 Å². The highest BCUT2D eigenvalue weighted by Crippen LogP contribution is 2.23. The topological polar surface area (TPSA) is 53.4 Å². The van der Waals surface area contributed by atoms with E-state index in [-0.39, 0.29) is 12.5 Å². The fourth-order valence-corrected chi connectivity index (χ4v) is 2.56. The van der Waals surface area contributed by atoms with E-state index in [1.54, 1.807) is 11.0 Å². The minimum absolute atomic E-state index is 0.0364. The maximum absolute atomic E-state index is 12.6. The fourth-order valence-electron chi connectivity index (χ4n) is 2.20. The van der Waals surface area contributed by atoms with Crippen molar-refractivity contribution in [2.75, 3.05) is 19.7 Å². The molecule has 0 saturated carbocycles. The number of amides is 1. The molecular formula is C15H17BrN2O2. The molecule has 0 spiro atoms. The molecule has 1 N–H and O–H groups in total. The van der Waals surface area contributed by atoms with Crippen molar-refractivity contribution in [2.45, 2.75) is 13.8 Å². The number of aromatic nitrogens is 1. The molecule has 0 saturated heterocycles. The van der Waals surface area contributed by atoms with Gasteiger partial charge in [0.2, 0.25) is 0 Å². The van der Waals surface area contributed by atoms with Gasteiger partial charge >= 0.3 is 0 Å². The van der Waals surface area contributed by atoms with Gasteiger partial charge in [-0.2, -0.15) is 0 Å². The second kappa shape index (κ2) is 6.33. The molecule has 0 unspecified atom stereocenters.